The number of hydrogen-bond acceptors (Lipinski definition) is 23. The third-order valence-electron chi connectivity index (χ3n) is 8.83. The fraction of sp³-hybridized carbons (Fsp3) is 0.556. The third-order valence-corrected chi connectivity index (χ3v) is 10.8. The number of hydrogen-bond donors (Lipinski definition) is 10. The number of aliphatic hydroxyl groups excluding tert-OH is 5. The van der Waals surface area contributed by atoms with Crippen LogP contribution in [0.2, 0.25) is 0 Å². The fourth-order valence-corrected chi connectivity index (χ4v) is 8.03. The molecule has 30 heteroatoms. The quantitative estimate of drug-likeness (QED) is 0.0677. The maximum Gasteiger partial charge on any atom is 0.472 e. The molecule has 13 N–H and O–H groups in total. The highest BCUT2D eigenvalue weighted by atomic mass is 31.2. The minimum atomic E-state index is -5.38. The molecule has 57 heavy (non-hydrogen) atoms. The van der Waals surface area contributed by atoms with Gasteiger partial charge in [-0.25, -0.2) is 23.5 Å². The lowest BCUT2D eigenvalue weighted by atomic mass is 10.1. The topological polar surface area (TPSA) is 423 Å². The van der Waals surface area contributed by atoms with Crippen LogP contribution in [0.15, 0.2) is 51.2 Å². The normalized spacial score (nSPS) is 33.6. The Morgan fingerprint density at radius 2 is 0.947 bits per heavy atom. The molecule has 3 aliphatic heterocycles. The van der Waals surface area contributed by atoms with Crippen molar-refractivity contribution in [1.29, 1.82) is 0 Å². The maximum absolute atomic E-state index is 13.2. The second-order valence-electron chi connectivity index (χ2n) is 12.6. The summed E-state index contributed by atoms with van der Waals surface area (Å²) in [6.07, 6.45) is -17.8. The van der Waals surface area contributed by atoms with Gasteiger partial charge in [0.05, 0.1) is 19.8 Å². The summed E-state index contributed by atoms with van der Waals surface area (Å²) in [5, 5.41) is 52.9. The summed E-state index contributed by atoms with van der Waals surface area (Å²) in [6.45, 7) is -2.96. The molecule has 28 nitrogen and oxygen atoms in total. The van der Waals surface area contributed by atoms with Crippen molar-refractivity contribution >= 4 is 33.1 Å². The number of aliphatic hydroxyl groups is 5. The van der Waals surface area contributed by atoms with Gasteiger partial charge < -0.3 is 66.7 Å². The van der Waals surface area contributed by atoms with E-state index in [1.165, 1.54) is 12.1 Å². The molecular formula is C27H37N9O19P2. The number of ether oxygens (including phenoxy) is 3. The van der Waals surface area contributed by atoms with Crippen LogP contribution in [0.25, 0.3) is 0 Å². The Morgan fingerprint density at radius 3 is 1.35 bits per heavy atom. The Labute approximate surface area is 317 Å². The largest absolute Gasteiger partial charge is 0.472 e. The van der Waals surface area contributed by atoms with E-state index in [4.69, 9.17) is 49.5 Å². The summed E-state index contributed by atoms with van der Waals surface area (Å²) >= 11 is 0. The minimum Gasteiger partial charge on any atom is -0.394 e. The molecule has 0 bridgehead atoms. The minimum absolute atomic E-state index is 0.142. The zero-order valence-corrected chi connectivity index (χ0v) is 30.6. The van der Waals surface area contributed by atoms with E-state index in [1.54, 1.807) is 0 Å². The first-order valence-corrected chi connectivity index (χ1v) is 19.4. The first kappa shape index (κ1) is 42.5. The second-order valence-corrected chi connectivity index (χ2v) is 15.4. The van der Waals surface area contributed by atoms with Gasteiger partial charge in [0.1, 0.15) is 72.4 Å². The van der Waals surface area contributed by atoms with E-state index in [1.807, 2.05) is 0 Å². The molecule has 0 aliphatic carbocycles. The molecule has 3 saturated heterocycles. The van der Waals surface area contributed by atoms with Crippen molar-refractivity contribution in [1.82, 2.24) is 28.7 Å². The highest BCUT2D eigenvalue weighted by Crippen LogP contribution is 2.52. The molecule has 3 aromatic heterocycles. The van der Waals surface area contributed by atoms with Crippen molar-refractivity contribution in [2.75, 3.05) is 37.0 Å². The number of rotatable bonds is 14. The number of anilines is 3. The van der Waals surface area contributed by atoms with Crippen molar-refractivity contribution in [2.24, 2.45) is 0 Å². The van der Waals surface area contributed by atoms with E-state index in [9.17, 15) is 58.8 Å². The summed E-state index contributed by atoms with van der Waals surface area (Å²) in [5.74, 6) is -0.518. The average Bonchev–Trinajstić information content (AvgIpc) is 3.71. The van der Waals surface area contributed by atoms with Gasteiger partial charge in [0.25, 0.3) is 0 Å². The molecule has 0 aromatic carbocycles. The van der Waals surface area contributed by atoms with Crippen LogP contribution in [0, 0.1) is 0 Å². The number of phosphoric ester groups is 2. The van der Waals surface area contributed by atoms with E-state index >= 15 is 0 Å². The maximum atomic E-state index is 13.2. The molecule has 14 atom stereocenters. The van der Waals surface area contributed by atoms with Gasteiger partial charge in [-0.2, -0.15) is 15.0 Å². The van der Waals surface area contributed by atoms with Crippen molar-refractivity contribution in [3.8, 4) is 0 Å². The molecule has 3 aliphatic rings. The van der Waals surface area contributed by atoms with Crippen molar-refractivity contribution in [3.05, 3.63) is 68.2 Å². The molecule has 3 fully saturated rings. The zero-order valence-electron chi connectivity index (χ0n) is 28.9. The Morgan fingerprint density at radius 1 is 0.596 bits per heavy atom. The molecule has 0 amide bonds. The predicted molar refractivity (Wildman–Crippen MR) is 183 cm³/mol. The lowest BCUT2D eigenvalue weighted by molar-refractivity contribution is -0.0643. The molecule has 314 valence electrons. The van der Waals surface area contributed by atoms with Gasteiger partial charge in [-0.15, -0.1) is 0 Å². The Hall–Kier alpha value is -4.06. The molecule has 0 radical (unpaired) electrons. The lowest BCUT2D eigenvalue weighted by Crippen LogP contribution is -2.39. The van der Waals surface area contributed by atoms with Crippen LogP contribution in [0.3, 0.4) is 0 Å². The van der Waals surface area contributed by atoms with Crippen LogP contribution in [-0.4, -0.2) is 139 Å². The highest BCUT2D eigenvalue weighted by Gasteiger charge is 2.53. The summed E-state index contributed by atoms with van der Waals surface area (Å²) in [6, 6.07) is 3.55. The molecule has 14 unspecified atom stereocenters. The number of nitrogens with zero attached hydrogens (tertiary/aromatic N) is 6. The Balaban J connectivity index is 1.16. The first-order valence-electron chi connectivity index (χ1n) is 16.4. The van der Waals surface area contributed by atoms with Crippen LogP contribution < -0.4 is 34.3 Å². The van der Waals surface area contributed by atoms with Gasteiger partial charge in [-0.3, -0.25) is 31.8 Å². The second kappa shape index (κ2) is 16.7. The van der Waals surface area contributed by atoms with E-state index < -0.39 is 126 Å². The summed E-state index contributed by atoms with van der Waals surface area (Å²) in [7, 11) is -10.7. The van der Waals surface area contributed by atoms with Gasteiger partial charge in [0.2, 0.25) is 0 Å². The van der Waals surface area contributed by atoms with Crippen LogP contribution in [0.4, 0.5) is 17.5 Å². The van der Waals surface area contributed by atoms with E-state index in [0.717, 1.165) is 33.8 Å². The lowest BCUT2D eigenvalue weighted by Gasteiger charge is -2.25. The smallest absolute Gasteiger partial charge is 0.394 e. The van der Waals surface area contributed by atoms with Crippen LogP contribution in [-0.2, 0) is 41.4 Å². The van der Waals surface area contributed by atoms with E-state index in [2.05, 4.69) is 15.0 Å². The monoisotopic (exact) mass is 853 g/mol. The van der Waals surface area contributed by atoms with Crippen LogP contribution >= 0.6 is 15.6 Å². The molecule has 6 heterocycles. The molecular weight excluding hydrogens is 816 g/mol. The van der Waals surface area contributed by atoms with Crippen LogP contribution in [0.1, 0.15) is 18.7 Å². The van der Waals surface area contributed by atoms with Crippen LogP contribution in [0.5, 0.6) is 0 Å². The van der Waals surface area contributed by atoms with E-state index in [0.29, 0.717) is 4.57 Å². The van der Waals surface area contributed by atoms with Crippen molar-refractivity contribution < 1.29 is 76.8 Å². The number of phosphoric acid groups is 2. The summed E-state index contributed by atoms with van der Waals surface area (Å²) < 4.78 is 65.6. The summed E-state index contributed by atoms with van der Waals surface area (Å²) in [4.78, 5) is 69.1. The first-order chi connectivity index (χ1) is 26.8. The van der Waals surface area contributed by atoms with Gasteiger partial charge in [-0.1, -0.05) is 0 Å². The number of nitrogens with two attached hydrogens (primary N) is 3. The van der Waals surface area contributed by atoms with Gasteiger partial charge in [0, 0.05) is 18.6 Å². The van der Waals surface area contributed by atoms with Gasteiger partial charge >= 0.3 is 32.7 Å². The number of nitrogen functional groups attached to an aromatic ring is 3. The molecule has 0 spiro atoms. The SMILES string of the molecule is Nc1ccn(C2OC(COP(=O)(O)OC3C(COP(=O)(O)OC4C(CO)OC(n5ccc(N)nc5=O)C4O)OC(n4ccc(N)nc4=O)C3O)C(O)C2O)c(=O)n1. The van der Waals surface area contributed by atoms with Gasteiger partial charge in [0.15, 0.2) is 18.7 Å². The van der Waals surface area contributed by atoms with Crippen molar-refractivity contribution in [3.63, 3.8) is 0 Å². The summed E-state index contributed by atoms with van der Waals surface area (Å²) in [5.41, 5.74) is 13.5. The fourth-order valence-electron chi connectivity index (χ4n) is 6.10. The molecule has 0 saturated carbocycles. The standard InChI is InChI=1S/C27H37N9O19P2/c28-13-1-4-34(25(42)31-13)22-17(39)16(38)11(52-22)8-49-56(45,46)55-21-12(53-24(19(21)41)36-6-3-15(30)33-27(36)44)9-50-57(47,48)54-20-10(7-37)51-23(18(20)40)35-5-2-14(29)32-26(35)43/h1-6,10-12,16-24,37-41H,7-9H2,(H,45,46)(H,47,48)(H2,28,31,42)(H2,29,32,43)(H2,30,33,44). The number of aromatic nitrogens is 6. The van der Waals surface area contributed by atoms with Crippen molar-refractivity contribution in [2.45, 2.75) is 73.6 Å². The Bertz CT molecular complexity index is 2210. The van der Waals surface area contributed by atoms with Gasteiger partial charge in [-0.05, 0) is 18.2 Å². The molecule has 3 aromatic rings. The van der Waals surface area contributed by atoms with E-state index in [-0.39, 0.29) is 17.5 Å². The average molecular weight is 854 g/mol. The highest BCUT2D eigenvalue weighted by molar-refractivity contribution is 7.47. The third kappa shape index (κ3) is 9.16. The Kier molecular flexibility index (Phi) is 12.4. The zero-order chi connectivity index (χ0) is 41.6. The molecule has 6 rings (SSSR count). The predicted octanol–water partition coefficient (Wildman–Crippen LogP) is -5.36.